The summed E-state index contributed by atoms with van der Waals surface area (Å²) < 4.78 is 0. The molecule has 0 spiro atoms. The third-order valence-corrected chi connectivity index (χ3v) is 3.88. The van der Waals surface area contributed by atoms with Gasteiger partial charge in [0.05, 0.1) is 0 Å². The van der Waals surface area contributed by atoms with Gasteiger partial charge in [-0.1, -0.05) is 19.1 Å². The van der Waals surface area contributed by atoms with Crippen molar-refractivity contribution in [2.75, 3.05) is 13.1 Å². The number of amides is 1. The summed E-state index contributed by atoms with van der Waals surface area (Å²) in [6, 6.07) is 7.83. The summed E-state index contributed by atoms with van der Waals surface area (Å²) in [5.74, 6) is 0.0287. The first-order valence-corrected chi connectivity index (χ1v) is 6.76. The molecule has 3 N–H and O–H groups in total. The number of hydrogen-bond acceptors (Lipinski definition) is 2. The Bertz CT molecular complexity index is 407. The zero-order chi connectivity index (χ0) is 13.0. The topological polar surface area (TPSA) is 55.1 Å². The highest BCUT2D eigenvalue weighted by Crippen LogP contribution is 2.47. The maximum atomic E-state index is 12.0. The van der Waals surface area contributed by atoms with Crippen LogP contribution in [0.1, 0.15) is 42.1 Å². The van der Waals surface area contributed by atoms with Crippen molar-refractivity contribution >= 4 is 5.91 Å². The van der Waals surface area contributed by atoms with Crippen LogP contribution in [0.2, 0.25) is 0 Å². The summed E-state index contributed by atoms with van der Waals surface area (Å²) in [7, 11) is 0. The Hall–Kier alpha value is -1.35. The Kier molecular flexibility index (Phi) is 4.02. The molecular formula is C15H22N2O. The fourth-order valence-corrected chi connectivity index (χ4v) is 2.26. The molecule has 2 rings (SSSR count). The van der Waals surface area contributed by atoms with Crippen molar-refractivity contribution in [3.63, 3.8) is 0 Å². The highest BCUT2D eigenvalue weighted by atomic mass is 16.1. The molecule has 0 saturated heterocycles. The van der Waals surface area contributed by atoms with Crippen LogP contribution in [-0.2, 0) is 6.42 Å². The molecule has 0 unspecified atom stereocenters. The number of carbonyl (C=O) groups is 1. The molecule has 0 aromatic heterocycles. The van der Waals surface area contributed by atoms with Crippen molar-refractivity contribution in [3.05, 3.63) is 35.4 Å². The predicted octanol–water partition coefficient (Wildman–Crippen LogP) is 2.11. The van der Waals surface area contributed by atoms with E-state index in [2.05, 4.69) is 12.2 Å². The lowest BCUT2D eigenvalue weighted by Crippen LogP contribution is -2.31. The van der Waals surface area contributed by atoms with Crippen LogP contribution in [0, 0.1) is 5.41 Å². The second-order valence-electron chi connectivity index (χ2n) is 5.27. The van der Waals surface area contributed by atoms with Gasteiger partial charge in [-0.2, -0.15) is 0 Å². The van der Waals surface area contributed by atoms with E-state index in [-0.39, 0.29) is 5.91 Å². The summed E-state index contributed by atoms with van der Waals surface area (Å²) >= 11 is 0. The summed E-state index contributed by atoms with van der Waals surface area (Å²) in [4.78, 5) is 12.0. The van der Waals surface area contributed by atoms with Crippen LogP contribution in [0.25, 0.3) is 0 Å². The average molecular weight is 246 g/mol. The van der Waals surface area contributed by atoms with E-state index in [1.165, 1.54) is 18.4 Å². The SMILES string of the molecule is CCc1ccc(C(=O)NCC2(CCN)CC2)cc1. The zero-order valence-corrected chi connectivity index (χ0v) is 11.0. The van der Waals surface area contributed by atoms with E-state index < -0.39 is 0 Å². The van der Waals surface area contributed by atoms with E-state index in [9.17, 15) is 4.79 Å². The van der Waals surface area contributed by atoms with Crippen LogP contribution in [0.3, 0.4) is 0 Å². The molecule has 3 nitrogen and oxygen atoms in total. The fraction of sp³-hybridized carbons (Fsp3) is 0.533. The van der Waals surface area contributed by atoms with E-state index >= 15 is 0 Å². The molecule has 0 radical (unpaired) electrons. The molecule has 3 heteroatoms. The van der Waals surface area contributed by atoms with E-state index in [0.717, 1.165) is 24.9 Å². The van der Waals surface area contributed by atoms with Crippen molar-refractivity contribution in [2.24, 2.45) is 11.1 Å². The van der Waals surface area contributed by atoms with Gasteiger partial charge in [0.2, 0.25) is 0 Å². The molecule has 1 aromatic rings. The van der Waals surface area contributed by atoms with Crippen molar-refractivity contribution < 1.29 is 4.79 Å². The smallest absolute Gasteiger partial charge is 0.251 e. The minimum absolute atomic E-state index is 0.0287. The van der Waals surface area contributed by atoms with Gasteiger partial charge in [-0.15, -0.1) is 0 Å². The molecule has 1 aliphatic carbocycles. The largest absolute Gasteiger partial charge is 0.351 e. The molecule has 1 amide bonds. The molecule has 0 heterocycles. The lowest BCUT2D eigenvalue weighted by atomic mass is 10.0. The third-order valence-electron chi connectivity index (χ3n) is 3.88. The lowest BCUT2D eigenvalue weighted by molar-refractivity contribution is 0.0944. The summed E-state index contributed by atoms with van der Waals surface area (Å²) in [5, 5.41) is 3.03. The monoisotopic (exact) mass is 246 g/mol. The molecule has 1 fully saturated rings. The second-order valence-corrected chi connectivity index (χ2v) is 5.27. The van der Waals surface area contributed by atoms with Crippen LogP contribution >= 0.6 is 0 Å². The number of nitrogens with two attached hydrogens (primary N) is 1. The summed E-state index contributed by atoms with van der Waals surface area (Å²) in [6.07, 6.45) is 4.40. The normalized spacial score (nSPS) is 16.3. The number of aryl methyl sites for hydroxylation is 1. The van der Waals surface area contributed by atoms with Gasteiger partial charge in [-0.05, 0) is 55.3 Å². The Morgan fingerprint density at radius 1 is 1.33 bits per heavy atom. The predicted molar refractivity (Wildman–Crippen MR) is 73.5 cm³/mol. The number of hydrogen-bond donors (Lipinski definition) is 2. The number of nitrogens with one attached hydrogen (secondary N) is 1. The van der Waals surface area contributed by atoms with E-state index in [1.807, 2.05) is 24.3 Å². The molecule has 18 heavy (non-hydrogen) atoms. The van der Waals surface area contributed by atoms with Crippen molar-refractivity contribution in [2.45, 2.75) is 32.6 Å². The molecule has 1 aliphatic rings. The highest BCUT2D eigenvalue weighted by molar-refractivity contribution is 5.94. The van der Waals surface area contributed by atoms with Crippen molar-refractivity contribution in [1.82, 2.24) is 5.32 Å². The minimum Gasteiger partial charge on any atom is -0.351 e. The second kappa shape index (κ2) is 5.53. The highest BCUT2D eigenvalue weighted by Gasteiger charge is 2.41. The van der Waals surface area contributed by atoms with Crippen LogP contribution < -0.4 is 11.1 Å². The third kappa shape index (κ3) is 3.10. The van der Waals surface area contributed by atoms with E-state index in [4.69, 9.17) is 5.73 Å². The molecule has 0 aliphatic heterocycles. The first-order valence-electron chi connectivity index (χ1n) is 6.76. The van der Waals surface area contributed by atoms with Gasteiger partial charge < -0.3 is 11.1 Å². The Morgan fingerprint density at radius 3 is 2.50 bits per heavy atom. The number of carbonyl (C=O) groups excluding carboxylic acids is 1. The Labute approximate surface area is 109 Å². The molecule has 1 aromatic carbocycles. The Balaban J connectivity index is 1.87. The van der Waals surface area contributed by atoms with Crippen LogP contribution in [-0.4, -0.2) is 19.0 Å². The summed E-state index contributed by atoms with van der Waals surface area (Å²) in [5.41, 5.74) is 7.89. The summed E-state index contributed by atoms with van der Waals surface area (Å²) in [6.45, 7) is 3.58. The van der Waals surface area contributed by atoms with Gasteiger partial charge in [0, 0.05) is 12.1 Å². The van der Waals surface area contributed by atoms with Gasteiger partial charge in [0.25, 0.3) is 5.91 Å². The van der Waals surface area contributed by atoms with Crippen molar-refractivity contribution in [1.29, 1.82) is 0 Å². The quantitative estimate of drug-likeness (QED) is 0.807. The minimum atomic E-state index is 0.0287. The van der Waals surface area contributed by atoms with Crippen LogP contribution in [0.5, 0.6) is 0 Å². The van der Waals surface area contributed by atoms with Gasteiger partial charge in [-0.25, -0.2) is 0 Å². The van der Waals surface area contributed by atoms with Crippen LogP contribution in [0.4, 0.5) is 0 Å². The van der Waals surface area contributed by atoms with E-state index in [0.29, 0.717) is 12.0 Å². The molecule has 98 valence electrons. The van der Waals surface area contributed by atoms with Gasteiger partial charge in [0.1, 0.15) is 0 Å². The van der Waals surface area contributed by atoms with Gasteiger partial charge in [0.15, 0.2) is 0 Å². The first-order chi connectivity index (χ1) is 8.69. The van der Waals surface area contributed by atoms with E-state index in [1.54, 1.807) is 0 Å². The maximum Gasteiger partial charge on any atom is 0.251 e. The maximum absolute atomic E-state index is 12.0. The molecule has 1 saturated carbocycles. The average Bonchev–Trinajstić information content (AvgIpc) is 3.17. The first kappa shape index (κ1) is 13.1. The lowest BCUT2D eigenvalue weighted by Gasteiger charge is -2.14. The fourth-order valence-electron chi connectivity index (χ4n) is 2.26. The number of benzene rings is 1. The Morgan fingerprint density at radius 2 is 2.00 bits per heavy atom. The number of rotatable bonds is 6. The molecule has 0 atom stereocenters. The zero-order valence-electron chi connectivity index (χ0n) is 11.0. The van der Waals surface area contributed by atoms with Crippen LogP contribution in [0.15, 0.2) is 24.3 Å². The molecular weight excluding hydrogens is 224 g/mol. The van der Waals surface area contributed by atoms with Gasteiger partial charge >= 0.3 is 0 Å². The standard InChI is InChI=1S/C15H22N2O/c1-2-12-3-5-13(6-4-12)14(18)17-11-15(7-8-15)9-10-16/h3-6H,2,7-11,16H2,1H3,(H,17,18). The molecule has 0 bridgehead atoms. The van der Waals surface area contributed by atoms with Gasteiger partial charge in [-0.3, -0.25) is 4.79 Å². The van der Waals surface area contributed by atoms with Crippen molar-refractivity contribution in [3.8, 4) is 0 Å².